The van der Waals surface area contributed by atoms with Crippen molar-refractivity contribution < 1.29 is 14.3 Å². The Bertz CT molecular complexity index is 376. The molecule has 0 saturated carbocycles. The van der Waals surface area contributed by atoms with Crippen molar-refractivity contribution in [2.45, 2.75) is 12.5 Å². The number of carbonyl (C=O) groups excluding carboxylic acids is 1. The normalized spacial score (nSPS) is 25.0. The molecule has 2 rings (SSSR count). The maximum absolute atomic E-state index is 11.0. The molecule has 1 fully saturated rings. The van der Waals surface area contributed by atoms with Crippen LogP contribution in [0.2, 0.25) is 0 Å². The number of rotatable bonds is 2. The molecule has 1 unspecified atom stereocenters. The van der Waals surface area contributed by atoms with Gasteiger partial charge < -0.3 is 14.8 Å². The standard InChI is InChI=1S/C12H15NO3/c1-12(8-13-11(14)7-16-12)9-3-5-10(15-2)6-4-9/h3-6H,7-8H2,1-2H3,(H,13,14). The number of morpholine rings is 1. The highest BCUT2D eigenvalue weighted by atomic mass is 16.5. The zero-order chi connectivity index (χ0) is 11.6. The van der Waals surface area contributed by atoms with Gasteiger partial charge in [-0.3, -0.25) is 4.79 Å². The fraction of sp³-hybridized carbons (Fsp3) is 0.417. The number of carbonyl (C=O) groups is 1. The van der Waals surface area contributed by atoms with Crippen molar-refractivity contribution in [2.75, 3.05) is 20.3 Å². The molecule has 1 atom stereocenters. The van der Waals surface area contributed by atoms with Gasteiger partial charge in [0, 0.05) is 0 Å². The van der Waals surface area contributed by atoms with E-state index >= 15 is 0 Å². The summed E-state index contributed by atoms with van der Waals surface area (Å²) in [5.74, 6) is 0.748. The Morgan fingerprint density at radius 3 is 2.56 bits per heavy atom. The van der Waals surface area contributed by atoms with Crippen LogP contribution in [-0.4, -0.2) is 26.2 Å². The van der Waals surface area contributed by atoms with E-state index in [0.717, 1.165) is 11.3 Å². The predicted molar refractivity (Wildman–Crippen MR) is 59.3 cm³/mol. The Balaban J connectivity index is 2.19. The topological polar surface area (TPSA) is 47.6 Å². The van der Waals surface area contributed by atoms with Gasteiger partial charge in [0.05, 0.1) is 13.7 Å². The van der Waals surface area contributed by atoms with Crippen LogP contribution >= 0.6 is 0 Å². The van der Waals surface area contributed by atoms with Gasteiger partial charge in [0.2, 0.25) is 5.91 Å². The first-order valence-corrected chi connectivity index (χ1v) is 5.19. The first-order valence-electron chi connectivity index (χ1n) is 5.19. The van der Waals surface area contributed by atoms with E-state index in [0.29, 0.717) is 6.54 Å². The summed E-state index contributed by atoms with van der Waals surface area (Å²) in [6.07, 6.45) is 0. The fourth-order valence-corrected chi connectivity index (χ4v) is 1.72. The molecule has 86 valence electrons. The summed E-state index contributed by atoms with van der Waals surface area (Å²) in [7, 11) is 1.63. The lowest BCUT2D eigenvalue weighted by atomic mass is 9.94. The van der Waals surface area contributed by atoms with Crippen LogP contribution in [0.4, 0.5) is 0 Å². The predicted octanol–water partition coefficient (Wildman–Crippen LogP) is 1.06. The maximum Gasteiger partial charge on any atom is 0.246 e. The third-order valence-electron chi connectivity index (χ3n) is 2.85. The lowest BCUT2D eigenvalue weighted by Crippen LogP contribution is -2.48. The number of ether oxygens (including phenoxy) is 2. The molecular weight excluding hydrogens is 206 g/mol. The van der Waals surface area contributed by atoms with E-state index in [4.69, 9.17) is 9.47 Å². The maximum atomic E-state index is 11.0. The molecule has 0 bridgehead atoms. The van der Waals surface area contributed by atoms with Gasteiger partial charge in [0.15, 0.2) is 0 Å². The highest BCUT2D eigenvalue weighted by Gasteiger charge is 2.32. The highest BCUT2D eigenvalue weighted by molar-refractivity contribution is 5.78. The minimum atomic E-state index is -0.444. The SMILES string of the molecule is COc1ccc(C2(C)CNC(=O)CO2)cc1. The number of nitrogens with one attached hydrogen (secondary N) is 1. The molecule has 1 aliphatic heterocycles. The minimum Gasteiger partial charge on any atom is -0.497 e. The fourth-order valence-electron chi connectivity index (χ4n) is 1.72. The van der Waals surface area contributed by atoms with Crippen molar-refractivity contribution in [2.24, 2.45) is 0 Å². The summed E-state index contributed by atoms with van der Waals surface area (Å²) >= 11 is 0. The Kier molecular flexibility index (Phi) is 2.83. The molecule has 1 aliphatic rings. The quantitative estimate of drug-likeness (QED) is 0.812. The zero-order valence-corrected chi connectivity index (χ0v) is 9.45. The second-order valence-corrected chi connectivity index (χ2v) is 4.02. The van der Waals surface area contributed by atoms with Crippen LogP contribution in [0.3, 0.4) is 0 Å². The molecule has 1 saturated heterocycles. The van der Waals surface area contributed by atoms with Gasteiger partial charge in [-0.2, -0.15) is 0 Å². The molecule has 0 radical (unpaired) electrons. The van der Waals surface area contributed by atoms with E-state index in [2.05, 4.69) is 5.32 Å². The van der Waals surface area contributed by atoms with Gasteiger partial charge >= 0.3 is 0 Å². The molecule has 0 spiro atoms. The smallest absolute Gasteiger partial charge is 0.246 e. The van der Waals surface area contributed by atoms with E-state index in [1.807, 2.05) is 31.2 Å². The monoisotopic (exact) mass is 221 g/mol. The van der Waals surface area contributed by atoms with Crippen molar-refractivity contribution in [1.29, 1.82) is 0 Å². The van der Waals surface area contributed by atoms with E-state index in [1.54, 1.807) is 7.11 Å². The number of benzene rings is 1. The van der Waals surface area contributed by atoms with E-state index in [-0.39, 0.29) is 12.5 Å². The molecule has 0 aromatic heterocycles. The van der Waals surface area contributed by atoms with Crippen molar-refractivity contribution in [3.8, 4) is 5.75 Å². The Labute approximate surface area is 94.6 Å². The largest absolute Gasteiger partial charge is 0.497 e. The summed E-state index contributed by atoms with van der Waals surface area (Å²) in [5, 5.41) is 2.80. The van der Waals surface area contributed by atoms with Crippen LogP contribution in [0.5, 0.6) is 5.75 Å². The zero-order valence-electron chi connectivity index (χ0n) is 9.45. The number of hydrogen-bond acceptors (Lipinski definition) is 3. The summed E-state index contributed by atoms with van der Waals surface area (Å²) in [4.78, 5) is 11.0. The van der Waals surface area contributed by atoms with Crippen LogP contribution in [-0.2, 0) is 15.1 Å². The van der Waals surface area contributed by atoms with Crippen LogP contribution in [0.1, 0.15) is 12.5 Å². The molecule has 1 aromatic carbocycles. The number of methoxy groups -OCH3 is 1. The van der Waals surface area contributed by atoms with E-state index in [1.165, 1.54) is 0 Å². The molecule has 16 heavy (non-hydrogen) atoms. The van der Waals surface area contributed by atoms with E-state index in [9.17, 15) is 4.79 Å². The van der Waals surface area contributed by atoms with Crippen LogP contribution < -0.4 is 10.1 Å². The molecular formula is C12H15NO3. The summed E-state index contributed by atoms with van der Waals surface area (Å²) < 4.78 is 10.7. The average molecular weight is 221 g/mol. The Morgan fingerprint density at radius 1 is 1.38 bits per heavy atom. The third-order valence-corrected chi connectivity index (χ3v) is 2.85. The van der Waals surface area contributed by atoms with Gasteiger partial charge in [0.25, 0.3) is 0 Å². The summed E-state index contributed by atoms with van der Waals surface area (Å²) in [5.41, 5.74) is 0.591. The first-order chi connectivity index (χ1) is 7.64. The summed E-state index contributed by atoms with van der Waals surface area (Å²) in [6, 6.07) is 7.69. The lowest BCUT2D eigenvalue weighted by molar-refractivity contribution is -0.142. The summed E-state index contributed by atoms with van der Waals surface area (Å²) in [6.45, 7) is 2.58. The molecule has 0 aliphatic carbocycles. The van der Waals surface area contributed by atoms with Crippen molar-refractivity contribution in [3.05, 3.63) is 29.8 Å². The Hall–Kier alpha value is -1.55. The lowest BCUT2D eigenvalue weighted by Gasteiger charge is -2.34. The van der Waals surface area contributed by atoms with Gasteiger partial charge in [-0.05, 0) is 24.6 Å². The van der Waals surface area contributed by atoms with Gasteiger partial charge in [-0.1, -0.05) is 12.1 Å². The second-order valence-electron chi connectivity index (χ2n) is 4.02. The third kappa shape index (κ3) is 2.02. The van der Waals surface area contributed by atoms with Gasteiger partial charge in [-0.25, -0.2) is 0 Å². The van der Waals surface area contributed by atoms with Gasteiger partial charge in [-0.15, -0.1) is 0 Å². The van der Waals surface area contributed by atoms with Gasteiger partial charge in [0.1, 0.15) is 18.0 Å². The highest BCUT2D eigenvalue weighted by Crippen LogP contribution is 2.27. The number of amides is 1. The molecule has 1 aromatic rings. The molecule has 1 heterocycles. The molecule has 4 nitrogen and oxygen atoms in total. The van der Waals surface area contributed by atoms with Crippen LogP contribution in [0.25, 0.3) is 0 Å². The minimum absolute atomic E-state index is 0.0639. The van der Waals surface area contributed by atoms with Crippen LogP contribution in [0, 0.1) is 0 Å². The van der Waals surface area contributed by atoms with Crippen molar-refractivity contribution in [1.82, 2.24) is 5.32 Å². The van der Waals surface area contributed by atoms with Crippen molar-refractivity contribution >= 4 is 5.91 Å². The first kappa shape index (κ1) is 11.0. The molecule has 4 heteroatoms. The van der Waals surface area contributed by atoms with Crippen LogP contribution in [0.15, 0.2) is 24.3 Å². The van der Waals surface area contributed by atoms with Crippen molar-refractivity contribution in [3.63, 3.8) is 0 Å². The average Bonchev–Trinajstić information content (AvgIpc) is 2.33. The van der Waals surface area contributed by atoms with E-state index < -0.39 is 5.60 Å². The molecule has 1 N–H and O–H groups in total. The molecule has 1 amide bonds. The number of hydrogen-bond donors (Lipinski definition) is 1. The second kappa shape index (κ2) is 4.14. The Morgan fingerprint density at radius 2 is 2.06 bits per heavy atom.